The van der Waals surface area contributed by atoms with E-state index in [0.717, 1.165) is 0 Å². The van der Waals surface area contributed by atoms with E-state index in [4.69, 9.17) is 13.6 Å². The Morgan fingerprint density at radius 3 is 2.00 bits per heavy atom. The SMILES string of the molecule is CC(C)(C)[Si](C)(C)OC[C@@H]1[C@@H](O[Si](C)(C)C(C)(C)C)[C@H](O)[C@H]2[C@H](CO)OC(=O)N21. The average Bonchev–Trinajstić information content (AvgIpc) is 3.00. The molecule has 0 radical (unpaired) electrons. The topological polar surface area (TPSA) is 88.5 Å². The fourth-order valence-electron chi connectivity index (χ4n) is 3.38. The maximum absolute atomic E-state index is 12.6. The van der Waals surface area contributed by atoms with Crippen LogP contribution in [0.4, 0.5) is 4.79 Å². The molecule has 9 heteroatoms. The van der Waals surface area contributed by atoms with E-state index in [0.29, 0.717) is 0 Å². The fourth-order valence-corrected chi connectivity index (χ4v) is 5.73. The molecule has 0 aromatic rings. The van der Waals surface area contributed by atoms with Gasteiger partial charge in [-0.05, 0) is 36.3 Å². The zero-order chi connectivity index (χ0) is 22.6. The molecular formula is C20H41NO6Si2. The highest BCUT2D eigenvalue weighted by Gasteiger charge is 2.61. The van der Waals surface area contributed by atoms with E-state index < -0.39 is 53.1 Å². The van der Waals surface area contributed by atoms with Gasteiger partial charge in [0, 0.05) is 0 Å². The number of hydrogen-bond donors (Lipinski definition) is 2. The average molecular weight is 448 g/mol. The van der Waals surface area contributed by atoms with Crippen molar-refractivity contribution in [1.82, 2.24) is 4.90 Å². The fraction of sp³-hybridized carbons (Fsp3) is 0.950. The smallest absolute Gasteiger partial charge is 0.411 e. The lowest BCUT2D eigenvalue weighted by Crippen LogP contribution is -2.53. The molecule has 0 aliphatic carbocycles. The third kappa shape index (κ3) is 4.59. The summed E-state index contributed by atoms with van der Waals surface area (Å²) in [4.78, 5) is 14.2. The third-order valence-electron chi connectivity index (χ3n) is 7.43. The Kier molecular flexibility index (Phi) is 6.76. The lowest BCUT2D eigenvalue weighted by atomic mass is 10.0. The van der Waals surface area contributed by atoms with Crippen molar-refractivity contribution in [2.45, 2.75) is 108 Å². The largest absolute Gasteiger partial charge is 0.441 e. The van der Waals surface area contributed by atoms with E-state index in [9.17, 15) is 15.0 Å². The van der Waals surface area contributed by atoms with Crippen LogP contribution in [0.1, 0.15) is 41.5 Å². The molecule has 0 aromatic heterocycles. The molecule has 2 rings (SSSR count). The first-order valence-corrected chi connectivity index (χ1v) is 16.4. The predicted molar refractivity (Wildman–Crippen MR) is 118 cm³/mol. The molecule has 5 atom stereocenters. The second-order valence-corrected chi connectivity index (χ2v) is 21.0. The van der Waals surface area contributed by atoms with Crippen LogP contribution in [-0.4, -0.2) is 81.5 Å². The van der Waals surface area contributed by atoms with Crippen molar-refractivity contribution < 1.29 is 28.6 Å². The summed E-state index contributed by atoms with van der Waals surface area (Å²) < 4.78 is 18.4. The number of aliphatic hydroxyl groups excluding tert-OH is 2. The summed E-state index contributed by atoms with van der Waals surface area (Å²) in [5.74, 6) is 0. The van der Waals surface area contributed by atoms with Gasteiger partial charge in [0.25, 0.3) is 0 Å². The van der Waals surface area contributed by atoms with Crippen LogP contribution in [0, 0.1) is 0 Å². The van der Waals surface area contributed by atoms with Gasteiger partial charge < -0.3 is 23.8 Å². The molecule has 7 nitrogen and oxygen atoms in total. The number of ether oxygens (including phenoxy) is 1. The van der Waals surface area contributed by atoms with Crippen LogP contribution in [0.3, 0.4) is 0 Å². The summed E-state index contributed by atoms with van der Waals surface area (Å²) in [5.41, 5.74) is 0. The Morgan fingerprint density at radius 1 is 1.03 bits per heavy atom. The maximum atomic E-state index is 12.6. The first kappa shape index (κ1) is 24.8. The zero-order valence-corrected chi connectivity index (χ0v) is 21.8. The molecule has 0 bridgehead atoms. The van der Waals surface area contributed by atoms with Crippen molar-refractivity contribution >= 4 is 22.7 Å². The molecule has 29 heavy (non-hydrogen) atoms. The van der Waals surface area contributed by atoms with Crippen LogP contribution in [0.15, 0.2) is 0 Å². The van der Waals surface area contributed by atoms with E-state index in [1.807, 2.05) is 0 Å². The highest BCUT2D eigenvalue weighted by atomic mass is 28.4. The Morgan fingerprint density at radius 2 is 1.55 bits per heavy atom. The Hall–Kier alpha value is -0.456. The summed E-state index contributed by atoms with van der Waals surface area (Å²) >= 11 is 0. The Bertz CT molecular complexity index is 613. The van der Waals surface area contributed by atoms with E-state index in [2.05, 4.69) is 67.7 Å². The molecule has 2 aliphatic heterocycles. The number of nitrogens with zero attached hydrogens (tertiary/aromatic N) is 1. The molecule has 0 saturated carbocycles. The summed E-state index contributed by atoms with van der Waals surface area (Å²) in [5, 5.41) is 20.8. The summed E-state index contributed by atoms with van der Waals surface area (Å²) in [7, 11) is -4.28. The number of rotatable bonds is 6. The molecule has 2 aliphatic rings. The molecule has 0 unspecified atom stereocenters. The molecule has 170 valence electrons. The molecule has 2 N–H and O–H groups in total. The number of hydrogen-bond acceptors (Lipinski definition) is 6. The second kappa shape index (κ2) is 7.91. The first-order chi connectivity index (χ1) is 12.9. The molecule has 1 amide bonds. The highest BCUT2D eigenvalue weighted by molar-refractivity contribution is 6.74. The van der Waals surface area contributed by atoms with E-state index in [-0.39, 0.29) is 23.3 Å². The molecule has 0 spiro atoms. The third-order valence-corrected chi connectivity index (χ3v) is 16.4. The molecule has 2 saturated heterocycles. The van der Waals surface area contributed by atoms with Crippen molar-refractivity contribution in [3.05, 3.63) is 0 Å². The zero-order valence-electron chi connectivity index (χ0n) is 19.8. The van der Waals surface area contributed by atoms with Gasteiger partial charge in [-0.2, -0.15) is 0 Å². The number of carbonyl (C=O) groups is 1. The van der Waals surface area contributed by atoms with Gasteiger partial charge in [0.1, 0.15) is 18.2 Å². The van der Waals surface area contributed by atoms with E-state index >= 15 is 0 Å². The first-order valence-electron chi connectivity index (χ1n) is 10.5. The summed E-state index contributed by atoms with van der Waals surface area (Å²) in [6, 6.07) is -1.06. The van der Waals surface area contributed by atoms with Gasteiger partial charge in [0.15, 0.2) is 16.6 Å². The minimum atomic E-state index is -2.21. The quantitative estimate of drug-likeness (QED) is 0.607. The summed E-state index contributed by atoms with van der Waals surface area (Å²) in [6.07, 6.45) is -2.76. The molecular weight excluding hydrogens is 406 g/mol. The highest BCUT2D eigenvalue weighted by Crippen LogP contribution is 2.43. The van der Waals surface area contributed by atoms with Crippen LogP contribution < -0.4 is 0 Å². The van der Waals surface area contributed by atoms with Crippen molar-refractivity contribution in [2.75, 3.05) is 13.2 Å². The normalized spacial score (nSPS) is 31.2. The minimum Gasteiger partial charge on any atom is -0.441 e. The van der Waals surface area contributed by atoms with E-state index in [1.54, 1.807) is 4.90 Å². The van der Waals surface area contributed by atoms with Crippen molar-refractivity contribution in [3.63, 3.8) is 0 Å². The Labute approximate surface area is 178 Å². The van der Waals surface area contributed by atoms with Crippen LogP contribution in [-0.2, 0) is 13.6 Å². The van der Waals surface area contributed by atoms with Crippen LogP contribution in [0.25, 0.3) is 0 Å². The van der Waals surface area contributed by atoms with Gasteiger partial charge in [-0.1, -0.05) is 41.5 Å². The maximum Gasteiger partial charge on any atom is 0.411 e. The number of fused-ring (bicyclic) bond motifs is 1. The summed E-state index contributed by atoms with van der Waals surface area (Å²) in [6.45, 7) is 21.5. The minimum absolute atomic E-state index is 0.0263. The van der Waals surface area contributed by atoms with Crippen molar-refractivity contribution in [2.24, 2.45) is 0 Å². The van der Waals surface area contributed by atoms with Crippen LogP contribution in [0.5, 0.6) is 0 Å². The van der Waals surface area contributed by atoms with Gasteiger partial charge in [-0.15, -0.1) is 0 Å². The lowest BCUT2D eigenvalue weighted by molar-refractivity contribution is -0.00549. The molecule has 2 fully saturated rings. The number of aliphatic hydroxyl groups is 2. The number of cyclic esters (lactones) is 1. The lowest BCUT2D eigenvalue weighted by Gasteiger charge is -2.42. The van der Waals surface area contributed by atoms with Gasteiger partial charge >= 0.3 is 6.09 Å². The van der Waals surface area contributed by atoms with Gasteiger partial charge in [0.05, 0.1) is 25.4 Å². The second-order valence-electron chi connectivity index (χ2n) is 11.5. The van der Waals surface area contributed by atoms with Crippen LogP contribution >= 0.6 is 0 Å². The van der Waals surface area contributed by atoms with Crippen molar-refractivity contribution in [3.8, 4) is 0 Å². The van der Waals surface area contributed by atoms with Gasteiger partial charge in [-0.3, -0.25) is 4.90 Å². The molecule has 0 aromatic carbocycles. The molecule has 2 heterocycles. The van der Waals surface area contributed by atoms with Gasteiger partial charge in [-0.25, -0.2) is 4.79 Å². The van der Waals surface area contributed by atoms with E-state index in [1.165, 1.54) is 0 Å². The standard InChI is InChI=1S/C20H41NO6Si2/c1-19(2,3)28(7,8)25-12-13-17(27-29(9,10)20(4,5)6)16(23)15-14(11-22)26-18(24)21(13)15/h13-17,22-23H,11-12H2,1-10H3/t13-,14+,15-,16-,17-/m1/s1. The van der Waals surface area contributed by atoms with Crippen LogP contribution in [0.2, 0.25) is 36.3 Å². The number of amides is 1. The monoisotopic (exact) mass is 447 g/mol. The van der Waals surface area contributed by atoms with Crippen molar-refractivity contribution in [1.29, 1.82) is 0 Å². The number of carbonyl (C=O) groups excluding carboxylic acids is 1. The van der Waals surface area contributed by atoms with Gasteiger partial charge in [0.2, 0.25) is 0 Å². The predicted octanol–water partition coefficient (Wildman–Crippen LogP) is 3.32. The Balaban J connectivity index is 2.35.